The van der Waals surface area contributed by atoms with Gasteiger partial charge in [-0.15, -0.1) is 0 Å². The minimum absolute atomic E-state index is 0.207. The van der Waals surface area contributed by atoms with E-state index in [9.17, 15) is 4.79 Å². The van der Waals surface area contributed by atoms with Crippen LogP contribution in [-0.2, 0) is 0 Å². The predicted molar refractivity (Wildman–Crippen MR) is 88.5 cm³/mol. The highest BCUT2D eigenvalue weighted by atomic mass is 16.2. The summed E-state index contributed by atoms with van der Waals surface area (Å²) < 4.78 is 0. The molecule has 1 N–H and O–H groups in total. The minimum Gasteiger partial charge on any atom is -0.338 e. The number of carbonyl (C=O) groups is 1. The highest BCUT2D eigenvalue weighted by Crippen LogP contribution is 2.22. The summed E-state index contributed by atoms with van der Waals surface area (Å²) in [7, 11) is 0. The Morgan fingerprint density at radius 3 is 1.90 bits per heavy atom. The molecule has 2 aliphatic rings. The van der Waals surface area contributed by atoms with Crippen molar-refractivity contribution < 1.29 is 4.79 Å². The molecule has 1 saturated carbocycles. The van der Waals surface area contributed by atoms with E-state index in [0.717, 1.165) is 19.5 Å². The van der Waals surface area contributed by atoms with Crippen LogP contribution in [-0.4, -0.2) is 30.1 Å². The van der Waals surface area contributed by atoms with E-state index in [1.54, 1.807) is 0 Å². The lowest BCUT2D eigenvalue weighted by atomic mass is 9.96. The third-order valence-corrected chi connectivity index (χ3v) is 5.13. The van der Waals surface area contributed by atoms with E-state index >= 15 is 0 Å². The van der Waals surface area contributed by atoms with Crippen LogP contribution in [0.15, 0.2) is 0 Å². The van der Waals surface area contributed by atoms with Gasteiger partial charge in [-0.05, 0) is 25.7 Å². The SMILES string of the molecule is O=C1NCCCCCCCN1C1CCCCCCCCC1. The molecule has 122 valence electrons. The molecular weight excluding hydrogens is 260 g/mol. The van der Waals surface area contributed by atoms with Gasteiger partial charge in [0, 0.05) is 19.1 Å². The van der Waals surface area contributed by atoms with E-state index in [1.807, 2.05) is 0 Å². The zero-order valence-electron chi connectivity index (χ0n) is 13.7. The summed E-state index contributed by atoms with van der Waals surface area (Å²) in [6, 6.07) is 0.696. The lowest BCUT2D eigenvalue weighted by Gasteiger charge is -2.33. The number of nitrogens with one attached hydrogen (secondary N) is 1. The molecule has 0 bridgehead atoms. The van der Waals surface area contributed by atoms with Crippen molar-refractivity contribution in [3.8, 4) is 0 Å². The molecule has 0 radical (unpaired) electrons. The van der Waals surface area contributed by atoms with E-state index in [1.165, 1.54) is 83.5 Å². The number of amides is 2. The second-order valence-corrected chi connectivity index (χ2v) is 6.90. The van der Waals surface area contributed by atoms with Crippen molar-refractivity contribution in [3.05, 3.63) is 0 Å². The first kappa shape index (κ1) is 16.6. The van der Waals surface area contributed by atoms with Crippen LogP contribution in [0, 0.1) is 0 Å². The summed E-state index contributed by atoms with van der Waals surface area (Å²) in [5.74, 6) is 0. The van der Waals surface area contributed by atoms with Crippen molar-refractivity contribution in [3.63, 3.8) is 0 Å². The summed E-state index contributed by atoms with van der Waals surface area (Å²) in [6.45, 7) is 1.83. The van der Waals surface area contributed by atoms with Crippen molar-refractivity contribution in [1.29, 1.82) is 0 Å². The van der Waals surface area contributed by atoms with Crippen LogP contribution in [0.5, 0.6) is 0 Å². The van der Waals surface area contributed by atoms with Gasteiger partial charge in [0.15, 0.2) is 0 Å². The van der Waals surface area contributed by atoms with Gasteiger partial charge in [0.25, 0.3) is 0 Å². The second kappa shape index (κ2) is 10.1. The standard InChI is InChI=1S/C18H34N2O/c21-18-19-15-11-7-4-8-12-16-20(18)17-13-9-5-2-1-3-6-10-14-17/h17H,1-16H2,(H,19,21). The van der Waals surface area contributed by atoms with E-state index in [2.05, 4.69) is 10.2 Å². The van der Waals surface area contributed by atoms with Gasteiger partial charge in [-0.1, -0.05) is 64.2 Å². The lowest BCUT2D eigenvalue weighted by molar-refractivity contribution is 0.159. The summed E-state index contributed by atoms with van der Waals surface area (Å²) in [6.07, 6.45) is 18.1. The Labute approximate surface area is 130 Å². The maximum atomic E-state index is 12.5. The van der Waals surface area contributed by atoms with Gasteiger partial charge in [0.2, 0.25) is 0 Å². The largest absolute Gasteiger partial charge is 0.338 e. The molecule has 0 spiro atoms. The van der Waals surface area contributed by atoms with Gasteiger partial charge in [-0.3, -0.25) is 0 Å². The monoisotopic (exact) mass is 294 g/mol. The average Bonchev–Trinajstić information content (AvgIpc) is 2.51. The summed E-state index contributed by atoms with van der Waals surface area (Å²) in [5, 5.41) is 3.15. The van der Waals surface area contributed by atoms with Crippen molar-refractivity contribution >= 4 is 6.03 Å². The van der Waals surface area contributed by atoms with E-state index in [4.69, 9.17) is 0 Å². The summed E-state index contributed by atoms with van der Waals surface area (Å²) in [5.41, 5.74) is 0. The fourth-order valence-electron chi connectivity index (χ4n) is 3.78. The van der Waals surface area contributed by atoms with Crippen LogP contribution >= 0.6 is 0 Å². The molecule has 0 atom stereocenters. The Hall–Kier alpha value is -0.730. The lowest BCUT2D eigenvalue weighted by Crippen LogP contribution is -2.47. The molecule has 1 aliphatic carbocycles. The van der Waals surface area contributed by atoms with Crippen LogP contribution in [0.1, 0.15) is 89.9 Å². The third kappa shape index (κ3) is 6.27. The van der Waals surface area contributed by atoms with E-state index in [-0.39, 0.29) is 6.03 Å². The molecular formula is C18H34N2O. The maximum Gasteiger partial charge on any atom is 0.317 e. The summed E-state index contributed by atoms with van der Waals surface area (Å²) in [4.78, 5) is 14.7. The van der Waals surface area contributed by atoms with Crippen molar-refractivity contribution in [2.24, 2.45) is 0 Å². The van der Waals surface area contributed by atoms with Crippen molar-refractivity contribution in [1.82, 2.24) is 10.2 Å². The fraction of sp³-hybridized carbons (Fsp3) is 0.944. The molecule has 1 heterocycles. The Kier molecular flexibility index (Phi) is 7.98. The molecule has 3 nitrogen and oxygen atoms in total. The third-order valence-electron chi connectivity index (χ3n) is 5.13. The smallest absolute Gasteiger partial charge is 0.317 e. The van der Waals surface area contributed by atoms with Gasteiger partial charge >= 0.3 is 6.03 Å². The molecule has 2 amide bonds. The molecule has 21 heavy (non-hydrogen) atoms. The fourth-order valence-corrected chi connectivity index (χ4v) is 3.78. The van der Waals surface area contributed by atoms with Crippen LogP contribution in [0.3, 0.4) is 0 Å². The molecule has 0 aromatic heterocycles. The quantitative estimate of drug-likeness (QED) is 0.736. The van der Waals surface area contributed by atoms with Gasteiger partial charge in [0.05, 0.1) is 0 Å². The molecule has 1 saturated heterocycles. The highest BCUT2D eigenvalue weighted by Gasteiger charge is 2.23. The minimum atomic E-state index is 0.207. The first-order valence-corrected chi connectivity index (χ1v) is 9.42. The molecule has 0 aromatic rings. The zero-order valence-corrected chi connectivity index (χ0v) is 13.7. The van der Waals surface area contributed by atoms with E-state index in [0.29, 0.717) is 6.04 Å². The van der Waals surface area contributed by atoms with Crippen LogP contribution in [0.25, 0.3) is 0 Å². The summed E-state index contributed by atoms with van der Waals surface area (Å²) >= 11 is 0. The number of urea groups is 1. The molecule has 1 aliphatic heterocycles. The molecule has 3 heteroatoms. The van der Waals surface area contributed by atoms with Crippen LogP contribution in [0.2, 0.25) is 0 Å². The first-order valence-electron chi connectivity index (χ1n) is 9.42. The number of hydrogen-bond acceptors (Lipinski definition) is 1. The van der Waals surface area contributed by atoms with Gasteiger partial charge in [0.1, 0.15) is 0 Å². The second-order valence-electron chi connectivity index (χ2n) is 6.90. The first-order chi connectivity index (χ1) is 10.4. The molecule has 2 fully saturated rings. The average molecular weight is 294 g/mol. The Bertz CT molecular complexity index is 283. The van der Waals surface area contributed by atoms with Gasteiger partial charge in [-0.2, -0.15) is 0 Å². The molecule has 0 aromatic carbocycles. The zero-order chi connectivity index (χ0) is 14.8. The van der Waals surface area contributed by atoms with Crippen molar-refractivity contribution in [2.75, 3.05) is 13.1 Å². The van der Waals surface area contributed by atoms with Crippen LogP contribution < -0.4 is 5.32 Å². The highest BCUT2D eigenvalue weighted by molar-refractivity contribution is 5.74. The maximum absolute atomic E-state index is 12.5. The molecule has 0 unspecified atom stereocenters. The number of hydrogen-bond donors (Lipinski definition) is 1. The van der Waals surface area contributed by atoms with Gasteiger partial charge < -0.3 is 10.2 Å². The number of rotatable bonds is 1. The Morgan fingerprint density at radius 1 is 0.714 bits per heavy atom. The normalized spacial score (nSPS) is 25.1. The predicted octanol–water partition coefficient (Wildman–Crippen LogP) is 4.86. The number of carbonyl (C=O) groups excluding carboxylic acids is 1. The van der Waals surface area contributed by atoms with Crippen LogP contribution in [0.4, 0.5) is 4.79 Å². The van der Waals surface area contributed by atoms with Crippen molar-refractivity contribution in [2.45, 2.75) is 95.9 Å². The molecule has 2 rings (SSSR count). The number of nitrogens with zero attached hydrogens (tertiary/aromatic N) is 1. The van der Waals surface area contributed by atoms with E-state index < -0.39 is 0 Å². The van der Waals surface area contributed by atoms with Gasteiger partial charge in [-0.25, -0.2) is 4.79 Å². The topological polar surface area (TPSA) is 32.3 Å². The Morgan fingerprint density at radius 2 is 1.24 bits per heavy atom. The Balaban J connectivity index is 1.92.